The maximum Gasteiger partial charge on any atom is 0.223 e. The van der Waals surface area contributed by atoms with E-state index in [9.17, 15) is 4.79 Å². The average Bonchev–Trinajstić information content (AvgIpc) is 2.52. The second-order valence-corrected chi connectivity index (χ2v) is 6.17. The standard InChI is InChI=1S/C17H27N3O/c1-20(2)15-9-7-13(8-10-15)12-19-17(21)16-6-4-3-5-14(16)11-18/h7-10,14,16H,3-6,11-12,18H2,1-2H3,(H,19,21). The Hall–Kier alpha value is -1.55. The molecular weight excluding hydrogens is 262 g/mol. The molecule has 4 heteroatoms. The van der Waals surface area contributed by atoms with Crippen molar-refractivity contribution in [3.63, 3.8) is 0 Å². The van der Waals surface area contributed by atoms with Gasteiger partial charge in [-0.3, -0.25) is 4.79 Å². The quantitative estimate of drug-likeness (QED) is 0.873. The third kappa shape index (κ3) is 4.21. The molecule has 1 aromatic rings. The Morgan fingerprint density at radius 2 is 1.90 bits per heavy atom. The number of amides is 1. The predicted molar refractivity (Wildman–Crippen MR) is 87.1 cm³/mol. The van der Waals surface area contributed by atoms with Gasteiger partial charge >= 0.3 is 0 Å². The van der Waals surface area contributed by atoms with Crippen LogP contribution in [0, 0.1) is 11.8 Å². The van der Waals surface area contributed by atoms with Gasteiger partial charge in [-0.05, 0) is 43.0 Å². The van der Waals surface area contributed by atoms with Crippen LogP contribution in [0.4, 0.5) is 5.69 Å². The molecule has 21 heavy (non-hydrogen) atoms. The zero-order valence-corrected chi connectivity index (χ0v) is 13.1. The molecule has 116 valence electrons. The molecule has 3 N–H and O–H groups in total. The first-order chi connectivity index (χ1) is 10.1. The third-order valence-corrected chi connectivity index (χ3v) is 4.47. The number of nitrogens with one attached hydrogen (secondary N) is 1. The third-order valence-electron chi connectivity index (χ3n) is 4.47. The van der Waals surface area contributed by atoms with Crippen LogP contribution in [0.25, 0.3) is 0 Å². The van der Waals surface area contributed by atoms with E-state index < -0.39 is 0 Å². The van der Waals surface area contributed by atoms with Crippen LogP contribution in [0.3, 0.4) is 0 Å². The smallest absolute Gasteiger partial charge is 0.223 e. The van der Waals surface area contributed by atoms with Crippen LogP contribution in [0.5, 0.6) is 0 Å². The number of rotatable bonds is 5. The van der Waals surface area contributed by atoms with Crippen molar-refractivity contribution in [3.05, 3.63) is 29.8 Å². The highest BCUT2D eigenvalue weighted by Crippen LogP contribution is 2.29. The van der Waals surface area contributed by atoms with Gasteiger partial charge in [0.25, 0.3) is 0 Å². The van der Waals surface area contributed by atoms with E-state index >= 15 is 0 Å². The van der Waals surface area contributed by atoms with Gasteiger partial charge in [-0.2, -0.15) is 0 Å². The topological polar surface area (TPSA) is 58.4 Å². The van der Waals surface area contributed by atoms with Crippen LogP contribution in [0.1, 0.15) is 31.2 Å². The molecule has 1 amide bonds. The lowest BCUT2D eigenvalue weighted by molar-refractivity contribution is -0.127. The maximum atomic E-state index is 12.3. The SMILES string of the molecule is CN(C)c1ccc(CNC(=O)C2CCCCC2CN)cc1. The fourth-order valence-electron chi connectivity index (χ4n) is 3.07. The summed E-state index contributed by atoms with van der Waals surface area (Å²) < 4.78 is 0. The molecule has 0 heterocycles. The highest BCUT2D eigenvalue weighted by Gasteiger charge is 2.29. The Labute approximate surface area is 127 Å². The minimum Gasteiger partial charge on any atom is -0.378 e. The molecule has 1 aliphatic carbocycles. The molecule has 1 aromatic carbocycles. The van der Waals surface area contributed by atoms with E-state index in [-0.39, 0.29) is 11.8 Å². The summed E-state index contributed by atoms with van der Waals surface area (Å²) in [4.78, 5) is 14.4. The number of nitrogens with two attached hydrogens (primary N) is 1. The Bertz CT molecular complexity index is 456. The minimum atomic E-state index is 0.102. The lowest BCUT2D eigenvalue weighted by Crippen LogP contribution is -2.39. The zero-order valence-electron chi connectivity index (χ0n) is 13.1. The lowest BCUT2D eigenvalue weighted by atomic mass is 9.79. The maximum absolute atomic E-state index is 12.3. The molecular formula is C17H27N3O. The van der Waals surface area contributed by atoms with Gasteiger partial charge < -0.3 is 16.0 Å². The van der Waals surface area contributed by atoms with E-state index in [0.29, 0.717) is 19.0 Å². The van der Waals surface area contributed by atoms with Crippen LogP contribution in [0.2, 0.25) is 0 Å². The zero-order chi connectivity index (χ0) is 15.2. The summed E-state index contributed by atoms with van der Waals surface area (Å²) in [5, 5.41) is 3.07. The largest absolute Gasteiger partial charge is 0.378 e. The minimum absolute atomic E-state index is 0.102. The van der Waals surface area contributed by atoms with Crippen molar-refractivity contribution >= 4 is 11.6 Å². The molecule has 2 atom stereocenters. The molecule has 0 aromatic heterocycles. The Kier molecular flexibility index (Phi) is 5.62. The number of carbonyl (C=O) groups is 1. The van der Waals surface area contributed by atoms with Gasteiger partial charge in [-0.1, -0.05) is 25.0 Å². The Morgan fingerprint density at radius 1 is 1.24 bits per heavy atom. The van der Waals surface area contributed by atoms with Crippen LogP contribution in [-0.2, 0) is 11.3 Å². The summed E-state index contributed by atoms with van der Waals surface area (Å²) in [6.07, 6.45) is 4.42. The van der Waals surface area contributed by atoms with Crippen molar-refractivity contribution in [2.45, 2.75) is 32.2 Å². The van der Waals surface area contributed by atoms with Gasteiger partial charge in [-0.25, -0.2) is 0 Å². The molecule has 1 saturated carbocycles. The summed E-state index contributed by atoms with van der Waals surface area (Å²) in [6, 6.07) is 8.28. The summed E-state index contributed by atoms with van der Waals surface area (Å²) in [5.74, 6) is 0.626. The predicted octanol–water partition coefficient (Wildman–Crippen LogP) is 2.13. The highest BCUT2D eigenvalue weighted by molar-refractivity contribution is 5.79. The number of benzene rings is 1. The monoisotopic (exact) mass is 289 g/mol. The van der Waals surface area contributed by atoms with Crippen LogP contribution in [-0.4, -0.2) is 26.5 Å². The number of nitrogens with zero attached hydrogens (tertiary/aromatic N) is 1. The van der Waals surface area contributed by atoms with Crippen molar-refractivity contribution in [1.82, 2.24) is 5.32 Å². The lowest BCUT2D eigenvalue weighted by Gasteiger charge is -2.29. The van der Waals surface area contributed by atoms with Crippen molar-refractivity contribution in [2.24, 2.45) is 17.6 Å². The second-order valence-electron chi connectivity index (χ2n) is 6.17. The van der Waals surface area contributed by atoms with Crippen molar-refractivity contribution in [2.75, 3.05) is 25.5 Å². The summed E-state index contributed by atoms with van der Waals surface area (Å²) >= 11 is 0. The van der Waals surface area contributed by atoms with E-state index in [1.807, 2.05) is 14.1 Å². The van der Waals surface area contributed by atoms with Gasteiger partial charge in [0.15, 0.2) is 0 Å². The highest BCUT2D eigenvalue weighted by atomic mass is 16.1. The van der Waals surface area contributed by atoms with Crippen LogP contribution < -0.4 is 16.0 Å². The van der Waals surface area contributed by atoms with E-state index in [1.54, 1.807) is 0 Å². The number of hydrogen-bond acceptors (Lipinski definition) is 3. The van der Waals surface area contributed by atoms with Crippen molar-refractivity contribution < 1.29 is 4.79 Å². The fourth-order valence-corrected chi connectivity index (χ4v) is 3.07. The summed E-state index contributed by atoms with van der Waals surface area (Å²) in [5.41, 5.74) is 8.10. The molecule has 0 aliphatic heterocycles. The first-order valence-corrected chi connectivity index (χ1v) is 7.86. The van der Waals surface area contributed by atoms with E-state index in [4.69, 9.17) is 5.73 Å². The number of carbonyl (C=O) groups excluding carboxylic acids is 1. The molecule has 0 spiro atoms. The van der Waals surface area contributed by atoms with E-state index in [1.165, 1.54) is 12.1 Å². The Morgan fingerprint density at radius 3 is 2.52 bits per heavy atom. The molecule has 1 aliphatic rings. The van der Waals surface area contributed by atoms with Crippen molar-refractivity contribution in [3.8, 4) is 0 Å². The number of hydrogen-bond donors (Lipinski definition) is 2. The first-order valence-electron chi connectivity index (χ1n) is 7.86. The van der Waals surface area contributed by atoms with Gasteiger partial charge in [0.1, 0.15) is 0 Å². The average molecular weight is 289 g/mol. The van der Waals surface area contributed by atoms with Crippen LogP contribution in [0.15, 0.2) is 24.3 Å². The molecule has 0 saturated heterocycles. The molecule has 0 radical (unpaired) electrons. The van der Waals surface area contributed by atoms with Gasteiger partial charge in [0, 0.05) is 32.2 Å². The summed E-state index contributed by atoms with van der Waals surface area (Å²) in [6.45, 7) is 1.22. The second kappa shape index (κ2) is 7.46. The fraction of sp³-hybridized carbons (Fsp3) is 0.588. The van der Waals surface area contributed by atoms with Gasteiger partial charge in [0.2, 0.25) is 5.91 Å². The van der Waals surface area contributed by atoms with E-state index in [2.05, 4.69) is 34.5 Å². The Balaban J connectivity index is 1.88. The van der Waals surface area contributed by atoms with Crippen molar-refractivity contribution in [1.29, 1.82) is 0 Å². The molecule has 4 nitrogen and oxygen atoms in total. The van der Waals surface area contributed by atoms with E-state index in [0.717, 1.165) is 24.8 Å². The first kappa shape index (κ1) is 15.8. The number of anilines is 1. The molecule has 1 fully saturated rings. The van der Waals surface area contributed by atoms with Gasteiger partial charge in [0.05, 0.1) is 0 Å². The molecule has 2 rings (SSSR count). The summed E-state index contributed by atoms with van der Waals surface area (Å²) in [7, 11) is 4.04. The van der Waals surface area contributed by atoms with Crippen LogP contribution >= 0.6 is 0 Å². The molecule has 2 unspecified atom stereocenters. The van der Waals surface area contributed by atoms with Gasteiger partial charge in [-0.15, -0.1) is 0 Å². The molecule has 0 bridgehead atoms. The normalized spacial score (nSPS) is 21.9.